The first-order chi connectivity index (χ1) is 7.69. The minimum atomic E-state index is 0.521. The maximum atomic E-state index is 5.87. The second-order valence-corrected chi connectivity index (χ2v) is 5.58. The van der Waals surface area contributed by atoms with E-state index in [1.807, 2.05) is 0 Å². The molecule has 0 aliphatic carbocycles. The van der Waals surface area contributed by atoms with E-state index in [1.165, 1.54) is 19.4 Å². The molecule has 1 N–H and O–H groups in total. The number of fused-ring (bicyclic) bond motifs is 2. The molecule has 94 valence electrons. The maximum absolute atomic E-state index is 5.87. The summed E-state index contributed by atoms with van der Waals surface area (Å²) in [5.74, 6) is 0.709. The van der Waals surface area contributed by atoms with Crippen LogP contribution in [0.4, 0.5) is 0 Å². The van der Waals surface area contributed by atoms with Gasteiger partial charge in [-0.2, -0.15) is 0 Å². The Morgan fingerprint density at radius 3 is 2.38 bits per heavy atom. The van der Waals surface area contributed by atoms with E-state index in [2.05, 4.69) is 31.0 Å². The van der Waals surface area contributed by atoms with Crippen molar-refractivity contribution in [2.45, 2.75) is 51.9 Å². The van der Waals surface area contributed by atoms with Gasteiger partial charge in [-0.25, -0.2) is 0 Å². The summed E-state index contributed by atoms with van der Waals surface area (Å²) < 4.78 is 5.87. The molecule has 2 saturated heterocycles. The number of hydrogen-bond acceptors (Lipinski definition) is 3. The van der Waals surface area contributed by atoms with Crippen LogP contribution in [0.5, 0.6) is 0 Å². The molecule has 0 amide bonds. The highest BCUT2D eigenvalue weighted by atomic mass is 16.5. The summed E-state index contributed by atoms with van der Waals surface area (Å²) >= 11 is 0. The highest BCUT2D eigenvalue weighted by Gasteiger charge is 2.34. The molecule has 3 heteroatoms. The molecule has 2 heterocycles. The molecule has 0 aromatic carbocycles. The molecule has 0 radical (unpaired) electrons. The number of nitrogens with zero attached hydrogens (tertiary/aromatic N) is 1. The topological polar surface area (TPSA) is 24.5 Å². The number of likely N-dealkylation sites (tertiary alicyclic amines) is 1. The Bertz CT molecular complexity index is 208. The third kappa shape index (κ3) is 2.96. The Balaban J connectivity index is 1.83. The van der Waals surface area contributed by atoms with E-state index >= 15 is 0 Å². The van der Waals surface area contributed by atoms with Gasteiger partial charge in [-0.05, 0) is 25.3 Å². The third-order valence-electron chi connectivity index (χ3n) is 3.85. The van der Waals surface area contributed by atoms with Gasteiger partial charge >= 0.3 is 0 Å². The molecular formula is C13H26N2O. The molecule has 0 saturated carbocycles. The maximum Gasteiger partial charge on any atom is 0.0707 e. The molecule has 2 bridgehead atoms. The summed E-state index contributed by atoms with van der Waals surface area (Å²) in [7, 11) is 0. The first kappa shape index (κ1) is 12.3. The van der Waals surface area contributed by atoms with Crippen LogP contribution in [-0.2, 0) is 4.74 Å². The van der Waals surface area contributed by atoms with Gasteiger partial charge in [-0.15, -0.1) is 0 Å². The van der Waals surface area contributed by atoms with E-state index in [9.17, 15) is 0 Å². The fraction of sp³-hybridized carbons (Fsp3) is 1.00. The van der Waals surface area contributed by atoms with Gasteiger partial charge in [-0.1, -0.05) is 20.8 Å². The van der Waals surface area contributed by atoms with Gasteiger partial charge in [0.05, 0.1) is 12.2 Å². The molecule has 3 unspecified atom stereocenters. The van der Waals surface area contributed by atoms with E-state index in [0.717, 1.165) is 19.6 Å². The first-order valence-electron chi connectivity index (χ1n) is 6.80. The molecule has 0 aromatic rings. The number of hydrogen-bond donors (Lipinski definition) is 1. The lowest BCUT2D eigenvalue weighted by Gasteiger charge is -2.35. The van der Waals surface area contributed by atoms with E-state index in [4.69, 9.17) is 4.74 Å². The van der Waals surface area contributed by atoms with Gasteiger partial charge in [-0.3, -0.25) is 4.90 Å². The van der Waals surface area contributed by atoms with Gasteiger partial charge in [0.1, 0.15) is 0 Å². The van der Waals surface area contributed by atoms with Crippen LogP contribution in [-0.4, -0.2) is 49.3 Å². The summed E-state index contributed by atoms with van der Waals surface area (Å²) in [6.45, 7) is 11.3. The zero-order valence-electron chi connectivity index (χ0n) is 10.9. The van der Waals surface area contributed by atoms with Crippen LogP contribution in [0.15, 0.2) is 0 Å². The van der Waals surface area contributed by atoms with E-state index in [-0.39, 0.29) is 0 Å². The van der Waals surface area contributed by atoms with Crippen molar-refractivity contribution in [1.82, 2.24) is 10.2 Å². The van der Waals surface area contributed by atoms with Crippen molar-refractivity contribution in [3.05, 3.63) is 0 Å². The molecular weight excluding hydrogens is 200 g/mol. The van der Waals surface area contributed by atoms with Gasteiger partial charge in [0.15, 0.2) is 0 Å². The van der Waals surface area contributed by atoms with Crippen LogP contribution in [0.3, 0.4) is 0 Å². The first-order valence-corrected chi connectivity index (χ1v) is 6.80. The lowest BCUT2D eigenvalue weighted by Crippen LogP contribution is -2.50. The minimum absolute atomic E-state index is 0.521. The molecule has 2 rings (SSSR count). The van der Waals surface area contributed by atoms with Crippen molar-refractivity contribution in [3.8, 4) is 0 Å². The van der Waals surface area contributed by atoms with Crippen molar-refractivity contribution in [3.63, 3.8) is 0 Å². The smallest absolute Gasteiger partial charge is 0.0707 e. The van der Waals surface area contributed by atoms with Crippen LogP contribution in [0.25, 0.3) is 0 Å². The number of rotatable bonds is 5. The number of nitrogens with one attached hydrogen (secondary N) is 1. The highest BCUT2D eigenvalue weighted by molar-refractivity contribution is 4.87. The predicted octanol–water partition coefficient (Wildman–Crippen LogP) is 1.48. The zero-order valence-corrected chi connectivity index (χ0v) is 10.9. The van der Waals surface area contributed by atoms with Gasteiger partial charge in [0.2, 0.25) is 0 Å². The van der Waals surface area contributed by atoms with Crippen LogP contribution in [0.1, 0.15) is 33.6 Å². The molecule has 2 fully saturated rings. The lowest BCUT2D eigenvalue weighted by molar-refractivity contribution is -0.0418. The molecule has 3 nitrogen and oxygen atoms in total. The Labute approximate surface area is 99.5 Å². The van der Waals surface area contributed by atoms with Gasteiger partial charge in [0.25, 0.3) is 0 Å². The molecule has 0 spiro atoms. The molecule has 16 heavy (non-hydrogen) atoms. The van der Waals surface area contributed by atoms with Gasteiger partial charge < -0.3 is 10.1 Å². The Morgan fingerprint density at radius 1 is 1.25 bits per heavy atom. The van der Waals surface area contributed by atoms with Crippen LogP contribution in [0, 0.1) is 5.92 Å². The average molecular weight is 226 g/mol. The Morgan fingerprint density at radius 2 is 1.88 bits per heavy atom. The minimum Gasteiger partial charge on any atom is -0.372 e. The summed E-state index contributed by atoms with van der Waals surface area (Å²) in [6.07, 6.45) is 3.59. The van der Waals surface area contributed by atoms with E-state index in [1.54, 1.807) is 0 Å². The zero-order chi connectivity index (χ0) is 11.5. The predicted molar refractivity (Wildman–Crippen MR) is 66.6 cm³/mol. The second kappa shape index (κ2) is 5.48. The Hall–Kier alpha value is -0.120. The van der Waals surface area contributed by atoms with E-state index in [0.29, 0.717) is 24.2 Å². The summed E-state index contributed by atoms with van der Waals surface area (Å²) in [6, 6.07) is 0.627. The fourth-order valence-electron chi connectivity index (χ4n) is 2.90. The molecule has 2 aliphatic rings. The largest absolute Gasteiger partial charge is 0.372 e. The lowest BCUT2D eigenvalue weighted by atomic mass is 10.0. The fourth-order valence-corrected chi connectivity index (χ4v) is 2.90. The highest BCUT2D eigenvalue weighted by Crippen LogP contribution is 2.26. The normalized spacial score (nSPS) is 32.2. The van der Waals surface area contributed by atoms with Crippen molar-refractivity contribution in [2.75, 3.05) is 26.2 Å². The monoisotopic (exact) mass is 226 g/mol. The second-order valence-electron chi connectivity index (χ2n) is 5.58. The van der Waals surface area contributed by atoms with Crippen LogP contribution in [0.2, 0.25) is 0 Å². The van der Waals surface area contributed by atoms with Crippen molar-refractivity contribution >= 4 is 0 Å². The number of morpholine rings is 1. The molecule has 2 aliphatic heterocycles. The average Bonchev–Trinajstić information content (AvgIpc) is 2.57. The van der Waals surface area contributed by atoms with Crippen LogP contribution < -0.4 is 5.32 Å². The third-order valence-corrected chi connectivity index (χ3v) is 3.85. The number of likely N-dealkylation sites (N-methyl/N-ethyl adjacent to an activating group) is 1. The Kier molecular flexibility index (Phi) is 4.22. The molecule has 0 aromatic heterocycles. The van der Waals surface area contributed by atoms with Crippen molar-refractivity contribution < 1.29 is 4.74 Å². The summed E-state index contributed by atoms with van der Waals surface area (Å²) in [5, 5.41) is 3.60. The van der Waals surface area contributed by atoms with Gasteiger partial charge in [0, 0.05) is 25.7 Å². The quantitative estimate of drug-likeness (QED) is 0.768. The molecule has 3 atom stereocenters. The van der Waals surface area contributed by atoms with Crippen molar-refractivity contribution in [1.29, 1.82) is 0 Å². The number of ether oxygens (including phenoxy) is 1. The standard InChI is InChI=1S/C13H26N2O/c1-4-14-13(10(2)3)9-15-7-11-5-6-12(8-15)16-11/h10-14H,4-9H2,1-3H3. The van der Waals surface area contributed by atoms with Crippen LogP contribution >= 0.6 is 0 Å². The SMILES string of the molecule is CCNC(CN1CC2CCC(C1)O2)C(C)C. The van der Waals surface area contributed by atoms with Crippen molar-refractivity contribution in [2.24, 2.45) is 5.92 Å². The summed E-state index contributed by atoms with van der Waals surface area (Å²) in [5.41, 5.74) is 0. The van der Waals surface area contributed by atoms with E-state index < -0.39 is 0 Å². The summed E-state index contributed by atoms with van der Waals surface area (Å²) in [4.78, 5) is 2.60.